The molecular formula is C28H27NO3. The van der Waals surface area contributed by atoms with E-state index in [4.69, 9.17) is 9.47 Å². The maximum absolute atomic E-state index is 13.1. The number of carbonyl (C=O) groups is 1. The molecule has 1 N–H and O–H groups in total. The fourth-order valence-corrected chi connectivity index (χ4v) is 3.84. The predicted octanol–water partition coefficient (Wildman–Crippen LogP) is 6.48. The summed E-state index contributed by atoms with van der Waals surface area (Å²) in [6.07, 6.45) is 0. The van der Waals surface area contributed by atoms with Crippen molar-refractivity contribution in [1.82, 2.24) is 0 Å². The van der Waals surface area contributed by atoms with Gasteiger partial charge in [0.1, 0.15) is 18.1 Å². The summed E-state index contributed by atoms with van der Waals surface area (Å²) in [4.78, 5) is 13.1. The largest absolute Gasteiger partial charge is 0.497 e. The summed E-state index contributed by atoms with van der Waals surface area (Å²) in [5.41, 5.74) is 3.69. The first-order valence-corrected chi connectivity index (χ1v) is 10.7. The van der Waals surface area contributed by atoms with Crippen molar-refractivity contribution in [1.29, 1.82) is 0 Å². The third kappa shape index (κ3) is 4.59. The fourth-order valence-electron chi connectivity index (χ4n) is 3.84. The number of carbonyl (C=O) groups excluding carboxylic acids is 1. The van der Waals surface area contributed by atoms with E-state index in [2.05, 4.69) is 23.5 Å². The van der Waals surface area contributed by atoms with Crippen LogP contribution in [0.4, 0.5) is 5.69 Å². The zero-order valence-corrected chi connectivity index (χ0v) is 18.6. The summed E-state index contributed by atoms with van der Waals surface area (Å²) in [6.45, 7) is 4.32. The number of hydrogen-bond donors (Lipinski definition) is 1. The number of anilines is 1. The van der Waals surface area contributed by atoms with Gasteiger partial charge >= 0.3 is 0 Å². The standard InChI is InChI=1S/C28H27NO3/c1-19(24-14-7-11-22-10-4-5-13-25(22)24)28(30)29-26-15-8-16-27(20(26)2)32-18-21-9-6-12-23(17-21)31-3/h4-17,19H,18H2,1-3H3,(H,29,30). The van der Waals surface area contributed by atoms with Crippen molar-refractivity contribution in [2.75, 3.05) is 12.4 Å². The first-order chi connectivity index (χ1) is 15.6. The van der Waals surface area contributed by atoms with Gasteiger partial charge in [0.2, 0.25) is 5.91 Å². The SMILES string of the molecule is COc1cccc(COc2cccc(NC(=O)C(C)c3cccc4ccccc34)c2C)c1. The zero-order chi connectivity index (χ0) is 22.5. The Hall–Kier alpha value is -3.79. The first-order valence-electron chi connectivity index (χ1n) is 10.7. The summed E-state index contributed by atoms with van der Waals surface area (Å²) in [7, 11) is 1.65. The van der Waals surface area contributed by atoms with Gasteiger partial charge in [0.05, 0.1) is 13.0 Å². The highest BCUT2D eigenvalue weighted by Crippen LogP contribution is 2.30. The van der Waals surface area contributed by atoms with Gasteiger partial charge in [-0.3, -0.25) is 4.79 Å². The third-order valence-corrected chi connectivity index (χ3v) is 5.75. The molecular weight excluding hydrogens is 398 g/mol. The van der Waals surface area contributed by atoms with E-state index in [1.165, 1.54) is 0 Å². The molecule has 4 aromatic rings. The highest BCUT2D eigenvalue weighted by molar-refractivity contribution is 5.99. The average molecular weight is 426 g/mol. The van der Waals surface area contributed by atoms with Crippen LogP contribution in [0, 0.1) is 6.92 Å². The second-order valence-corrected chi connectivity index (χ2v) is 7.85. The third-order valence-electron chi connectivity index (χ3n) is 5.75. The molecule has 4 aromatic carbocycles. The van der Waals surface area contributed by atoms with E-state index in [1.807, 2.05) is 80.6 Å². The van der Waals surface area contributed by atoms with Crippen molar-refractivity contribution in [3.8, 4) is 11.5 Å². The van der Waals surface area contributed by atoms with Crippen molar-refractivity contribution < 1.29 is 14.3 Å². The molecule has 0 fully saturated rings. The van der Waals surface area contributed by atoms with Gasteiger partial charge in [-0.25, -0.2) is 0 Å². The number of rotatable bonds is 7. The minimum absolute atomic E-state index is 0.0469. The number of fused-ring (bicyclic) bond motifs is 1. The second kappa shape index (κ2) is 9.56. The number of methoxy groups -OCH3 is 1. The summed E-state index contributed by atoms with van der Waals surface area (Å²) in [6, 6.07) is 27.7. The number of nitrogens with one attached hydrogen (secondary N) is 1. The molecule has 0 aromatic heterocycles. The van der Waals surface area contributed by atoms with Crippen LogP contribution in [0.3, 0.4) is 0 Å². The summed E-state index contributed by atoms with van der Waals surface area (Å²) in [5.74, 6) is 1.20. The van der Waals surface area contributed by atoms with Crippen LogP contribution in [-0.4, -0.2) is 13.0 Å². The predicted molar refractivity (Wildman–Crippen MR) is 129 cm³/mol. The lowest BCUT2D eigenvalue weighted by atomic mass is 9.94. The summed E-state index contributed by atoms with van der Waals surface area (Å²) in [5, 5.41) is 5.33. The highest BCUT2D eigenvalue weighted by atomic mass is 16.5. The monoisotopic (exact) mass is 425 g/mol. The van der Waals surface area contributed by atoms with Gasteiger partial charge in [-0.2, -0.15) is 0 Å². The Labute approximate surface area is 188 Å². The lowest BCUT2D eigenvalue weighted by molar-refractivity contribution is -0.117. The van der Waals surface area contributed by atoms with Gasteiger partial charge in [-0.05, 0) is 60.0 Å². The number of amides is 1. The van der Waals surface area contributed by atoms with E-state index >= 15 is 0 Å². The minimum atomic E-state index is -0.290. The number of benzene rings is 4. The number of ether oxygens (including phenoxy) is 2. The quantitative estimate of drug-likeness (QED) is 0.369. The van der Waals surface area contributed by atoms with Crippen LogP contribution in [0.5, 0.6) is 11.5 Å². The van der Waals surface area contributed by atoms with Gasteiger partial charge in [0.25, 0.3) is 0 Å². The van der Waals surface area contributed by atoms with Crippen LogP contribution in [0.1, 0.15) is 29.5 Å². The van der Waals surface area contributed by atoms with Gasteiger partial charge < -0.3 is 14.8 Å². The normalized spacial score (nSPS) is 11.7. The van der Waals surface area contributed by atoms with Crippen molar-refractivity contribution >= 4 is 22.4 Å². The van der Waals surface area contributed by atoms with Crippen LogP contribution >= 0.6 is 0 Å². The van der Waals surface area contributed by atoms with Gasteiger partial charge in [0, 0.05) is 11.3 Å². The molecule has 32 heavy (non-hydrogen) atoms. The molecule has 0 saturated heterocycles. The molecule has 0 saturated carbocycles. The molecule has 162 valence electrons. The van der Waals surface area contributed by atoms with Gasteiger partial charge in [0.15, 0.2) is 0 Å². The van der Waals surface area contributed by atoms with Crippen LogP contribution in [0.25, 0.3) is 10.8 Å². The van der Waals surface area contributed by atoms with E-state index in [0.717, 1.165) is 44.6 Å². The molecule has 1 atom stereocenters. The Balaban J connectivity index is 1.50. The smallest absolute Gasteiger partial charge is 0.231 e. The van der Waals surface area contributed by atoms with Crippen molar-refractivity contribution in [2.24, 2.45) is 0 Å². The molecule has 1 amide bonds. The van der Waals surface area contributed by atoms with E-state index in [1.54, 1.807) is 7.11 Å². The molecule has 0 aliphatic carbocycles. The molecule has 0 spiro atoms. The molecule has 1 unspecified atom stereocenters. The van der Waals surface area contributed by atoms with Crippen LogP contribution < -0.4 is 14.8 Å². The van der Waals surface area contributed by atoms with E-state index < -0.39 is 0 Å². The molecule has 0 aliphatic heterocycles. The Kier molecular flexibility index (Phi) is 6.41. The zero-order valence-electron chi connectivity index (χ0n) is 18.6. The fraction of sp³-hybridized carbons (Fsp3) is 0.179. The van der Waals surface area contributed by atoms with Crippen molar-refractivity contribution in [2.45, 2.75) is 26.4 Å². The van der Waals surface area contributed by atoms with E-state index in [0.29, 0.717) is 6.61 Å². The Morgan fingerprint density at radius 3 is 2.53 bits per heavy atom. The van der Waals surface area contributed by atoms with Gasteiger partial charge in [-0.1, -0.05) is 60.7 Å². The van der Waals surface area contributed by atoms with Crippen molar-refractivity contribution in [3.05, 3.63) is 102 Å². The lowest BCUT2D eigenvalue weighted by Crippen LogP contribution is -2.19. The molecule has 4 rings (SSSR count). The highest BCUT2D eigenvalue weighted by Gasteiger charge is 2.19. The van der Waals surface area contributed by atoms with Crippen LogP contribution in [0.15, 0.2) is 84.9 Å². The first kappa shape index (κ1) is 21.4. The molecule has 4 heteroatoms. The lowest BCUT2D eigenvalue weighted by Gasteiger charge is -2.17. The molecule has 0 bridgehead atoms. The minimum Gasteiger partial charge on any atom is -0.497 e. The average Bonchev–Trinajstić information content (AvgIpc) is 2.83. The molecule has 0 heterocycles. The summed E-state index contributed by atoms with van der Waals surface area (Å²) < 4.78 is 11.3. The van der Waals surface area contributed by atoms with Crippen LogP contribution in [0.2, 0.25) is 0 Å². The maximum Gasteiger partial charge on any atom is 0.231 e. The van der Waals surface area contributed by atoms with E-state index in [9.17, 15) is 4.79 Å². The Morgan fingerprint density at radius 2 is 1.69 bits per heavy atom. The Bertz CT molecular complexity index is 1240. The maximum atomic E-state index is 13.1. The second-order valence-electron chi connectivity index (χ2n) is 7.85. The Morgan fingerprint density at radius 1 is 0.938 bits per heavy atom. The topological polar surface area (TPSA) is 47.6 Å². The molecule has 0 radical (unpaired) electrons. The van der Waals surface area contributed by atoms with Crippen molar-refractivity contribution in [3.63, 3.8) is 0 Å². The molecule has 0 aliphatic rings. The number of hydrogen-bond acceptors (Lipinski definition) is 3. The van der Waals surface area contributed by atoms with E-state index in [-0.39, 0.29) is 11.8 Å². The van der Waals surface area contributed by atoms with Crippen LogP contribution in [-0.2, 0) is 11.4 Å². The van der Waals surface area contributed by atoms with Gasteiger partial charge in [-0.15, -0.1) is 0 Å². The summed E-state index contributed by atoms with van der Waals surface area (Å²) >= 11 is 0. The molecule has 4 nitrogen and oxygen atoms in total.